The van der Waals surface area contributed by atoms with E-state index in [9.17, 15) is 4.79 Å². The number of esters is 1. The van der Waals surface area contributed by atoms with Crippen LogP contribution in [-0.4, -0.2) is 21.8 Å². The van der Waals surface area contributed by atoms with E-state index in [4.69, 9.17) is 4.74 Å². The normalized spacial score (nSPS) is 11.7. The maximum Gasteiger partial charge on any atom is 0.340 e. The fourth-order valence-corrected chi connectivity index (χ4v) is 1.47. The molecule has 1 aromatic carbocycles. The summed E-state index contributed by atoms with van der Waals surface area (Å²) in [6.45, 7) is 5.54. The van der Waals surface area contributed by atoms with Gasteiger partial charge in [-0.2, -0.15) is 5.10 Å². The van der Waals surface area contributed by atoms with Gasteiger partial charge in [0.05, 0.1) is 17.3 Å². The summed E-state index contributed by atoms with van der Waals surface area (Å²) in [7, 11) is 0. The van der Waals surface area contributed by atoms with Gasteiger partial charge in [-0.25, -0.2) is 4.79 Å². The molecule has 0 radical (unpaired) electrons. The van der Waals surface area contributed by atoms with Crippen LogP contribution in [0.15, 0.2) is 24.4 Å². The molecule has 0 saturated heterocycles. The average Bonchev–Trinajstić information content (AvgIpc) is 2.61. The van der Waals surface area contributed by atoms with E-state index in [1.165, 1.54) is 0 Å². The second kappa shape index (κ2) is 3.63. The van der Waals surface area contributed by atoms with Crippen LogP contribution >= 0.6 is 0 Å². The molecular formula is C12H14N2O2. The highest BCUT2D eigenvalue weighted by Gasteiger charge is 2.19. The third kappa shape index (κ3) is 2.05. The monoisotopic (exact) mass is 218 g/mol. The summed E-state index contributed by atoms with van der Waals surface area (Å²) in [4.78, 5) is 11.9. The van der Waals surface area contributed by atoms with Crippen molar-refractivity contribution >= 4 is 16.9 Å². The highest BCUT2D eigenvalue weighted by Crippen LogP contribution is 2.19. The van der Waals surface area contributed by atoms with Gasteiger partial charge in [-0.15, -0.1) is 0 Å². The Morgan fingerprint density at radius 1 is 1.38 bits per heavy atom. The minimum Gasteiger partial charge on any atom is -0.456 e. The van der Waals surface area contributed by atoms with E-state index in [0.29, 0.717) is 5.56 Å². The molecule has 0 fully saturated rings. The van der Waals surface area contributed by atoms with E-state index < -0.39 is 5.60 Å². The minimum atomic E-state index is -0.487. The van der Waals surface area contributed by atoms with Gasteiger partial charge in [-0.3, -0.25) is 5.10 Å². The Balaban J connectivity index is 2.40. The molecule has 0 atom stereocenters. The lowest BCUT2D eigenvalue weighted by atomic mass is 10.1. The summed E-state index contributed by atoms with van der Waals surface area (Å²) >= 11 is 0. The quantitative estimate of drug-likeness (QED) is 0.748. The van der Waals surface area contributed by atoms with Crippen molar-refractivity contribution in [1.29, 1.82) is 0 Å². The summed E-state index contributed by atoms with van der Waals surface area (Å²) < 4.78 is 5.31. The molecule has 1 aromatic heterocycles. The number of hydrogen-bond donors (Lipinski definition) is 1. The van der Waals surface area contributed by atoms with E-state index >= 15 is 0 Å². The summed E-state index contributed by atoms with van der Waals surface area (Å²) in [5, 5.41) is 7.62. The lowest BCUT2D eigenvalue weighted by Crippen LogP contribution is -2.24. The van der Waals surface area contributed by atoms with Crippen molar-refractivity contribution in [2.75, 3.05) is 0 Å². The molecule has 0 aliphatic rings. The number of aromatic nitrogens is 2. The van der Waals surface area contributed by atoms with Crippen LogP contribution in [-0.2, 0) is 4.74 Å². The first-order valence-electron chi connectivity index (χ1n) is 5.13. The summed E-state index contributed by atoms with van der Waals surface area (Å²) in [5.41, 5.74) is 0.751. The fraction of sp³-hybridized carbons (Fsp3) is 0.333. The van der Waals surface area contributed by atoms with E-state index in [1.54, 1.807) is 12.3 Å². The topological polar surface area (TPSA) is 55.0 Å². The molecule has 0 unspecified atom stereocenters. The van der Waals surface area contributed by atoms with Gasteiger partial charge in [0.15, 0.2) is 0 Å². The van der Waals surface area contributed by atoms with Crippen LogP contribution in [0, 0.1) is 0 Å². The Hall–Kier alpha value is -1.84. The molecule has 0 bridgehead atoms. The number of fused-ring (bicyclic) bond motifs is 1. The SMILES string of the molecule is CC(C)(C)OC(=O)c1cccc2cn[nH]c12. The molecule has 0 spiro atoms. The van der Waals surface area contributed by atoms with Crippen LogP contribution in [0.5, 0.6) is 0 Å². The molecule has 2 rings (SSSR count). The average molecular weight is 218 g/mol. The standard InChI is InChI=1S/C12H14N2O2/c1-12(2,3)16-11(15)9-6-4-5-8-7-13-14-10(8)9/h4-7H,1-3H3,(H,13,14). The van der Waals surface area contributed by atoms with Crippen molar-refractivity contribution in [3.63, 3.8) is 0 Å². The number of nitrogens with one attached hydrogen (secondary N) is 1. The first-order valence-corrected chi connectivity index (χ1v) is 5.13. The van der Waals surface area contributed by atoms with Crippen molar-refractivity contribution < 1.29 is 9.53 Å². The molecule has 0 saturated carbocycles. The number of nitrogens with zero attached hydrogens (tertiary/aromatic N) is 1. The summed E-state index contributed by atoms with van der Waals surface area (Å²) in [5.74, 6) is -0.331. The zero-order valence-corrected chi connectivity index (χ0v) is 9.57. The van der Waals surface area contributed by atoms with Crippen molar-refractivity contribution in [3.8, 4) is 0 Å². The summed E-state index contributed by atoms with van der Waals surface area (Å²) in [6, 6.07) is 5.44. The number of aromatic amines is 1. The predicted molar refractivity (Wildman–Crippen MR) is 61.3 cm³/mol. The Morgan fingerprint density at radius 3 is 2.81 bits per heavy atom. The first kappa shape index (κ1) is 10.7. The number of carbonyl (C=O) groups is 1. The fourth-order valence-electron chi connectivity index (χ4n) is 1.47. The molecule has 84 valence electrons. The third-order valence-electron chi connectivity index (χ3n) is 2.10. The molecule has 2 aromatic rings. The number of ether oxygens (including phenoxy) is 1. The molecule has 0 amide bonds. The van der Waals surface area contributed by atoms with E-state index in [2.05, 4.69) is 10.2 Å². The Bertz CT molecular complexity index is 523. The van der Waals surface area contributed by atoms with Gasteiger partial charge in [0.1, 0.15) is 5.60 Å². The second-order valence-electron chi connectivity index (χ2n) is 4.64. The molecule has 1 N–H and O–H groups in total. The van der Waals surface area contributed by atoms with Crippen molar-refractivity contribution in [1.82, 2.24) is 10.2 Å². The number of para-hydroxylation sites is 1. The molecule has 16 heavy (non-hydrogen) atoms. The largest absolute Gasteiger partial charge is 0.456 e. The highest BCUT2D eigenvalue weighted by atomic mass is 16.6. The van der Waals surface area contributed by atoms with Crippen LogP contribution in [0.2, 0.25) is 0 Å². The van der Waals surface area contributed by atoms with E-state index in [1.807, 2.05) is 32.9 Å². The number of benzene rings is 1. The van der Waals surface area contributed by atoms with Gasteiger partial charge in [0.25, 0.3) is 0 Å². The van der Waals surface area contributed by atoms with Crippen molar-refractivity contribution in [2.45, 2.75) is 26.4 Å². The van der Waals surface area contributed by atoms with Crippen LogP contribution < -0.4 is 0 Å². The number of carbonyl (C=O) groups excluding carboxylic acids is 1. The van der Waals surface area contributed by atoms with Crippen LogP contribution in [0.1, 0.15) is 31.1 Å². The van der Waals surface area contributed by atoms with Gasteiger partial charge in [-0.05, 0) is 26.8 Å². The molecule has 4 nitrogen and oxygen atoms in total. The van der Waals surface area contributed by atoms with Gasteiger partial charge in [0, 0.05) is 5.39 Å². The number of rotatable bonds is 1. The maximum absolute atomic E-state index is 11.9. The van der Waals surface area contributed by atoms with E-state index in [-0.39, 0.29) is 5.97 Å². The zero-order chi connectivity index (χ0) is 11.8. The number of H-pyrrole nitrogens is 1. The molecule has 4 heteroatoms. The zero-order valence-electron chi connectivity index (χ0n) is 9.57. The minimum absolute atomic E-state index is 0.331. The van der Waals surface area contributed by atoms with Crippen molar-refractivity contribution in [2.24, 2.45) is 0 Å². The van der Waals surface area contributed by atoms with Crippen LogP contribution in [0.25, 0.3) is 10.9 Å². The lowest BCUT2D eigenvalue weighted by molar-refractivity contribution is 0.00716. The molecular weight excluding hydrogens is 204 g/mol. The maximum atomic E-state index is 11.9. The van der Waals surface area contributed by atoms with Gasteiger partial charge in [-0.1, -0.05) is 12.1 Å². The molecule has 1 heterocycles. The molecule has 0 aliphatic heterocycles. The summed E-state index contributed by atoms with van der Waals surface area (Å²) in [6.07, 6.45) is 1.68. The predicted octanol–water partition coefficient (Wildman–Crippen LogP) is 2.52. The number of hydrogen-bond acceptors (Lipinski definition) is 3. The second-order valence-corrected chi connectivity index (χ2v) is 4.64. The van der Waals surface area contributed by atoms with Crippen LogP contribution in [0.4, 0.5) is 0 Å². The van der Waals surface area contributed by atoms with E-state index in [0.717, 1.165) is 10.9 Å². The van der Waals surface area contributed by atoms with Crippen molar-refractivity contribution in [3.05, 3.63) is 30.0 Å². The Kier molecular flexibility index (Phi) is 2.42. The Morgan fingerprint density at radius 2 is 2.12 bits per heavy atom. The molecule has 0 aliphatic carbocycles. The van der Waals surface area contributed by atoms with Gasteiger partial charge < -0.3 is 4.74 Å². The Labute approximate surface area is 93.6 Å². The third-order valence-corrected chi connectivity index (χ3v) is 2.10. The lowest BCUT2D eigenvalue weighted by Gasteiger charge is -2.19. The first-order chi connectivity index (χ1) is 7.47. The smallest absolute Gasteiger partial charge is 0.340 e. The van der Waals surface area contributed by atoms with Gasteiger partial charge >= 0.3 is 5.97 Å². The van der Waals surface area contributed by atoms with Gasteiger partial charge in [0.2, 0.25) is 0 Å². The van der Waals surface area contributed by atoms with Crippen LogP contribution in [0.3, 0.4) is 0 Å². The highest BCUT2D eigenvalue weighted by molar-refractivity contribution is 6.02.